The number of methoxy groups -OCH3 is 1. The molecule has 0 aliphatic heterocycles. The fourth-order valence-corrected chi connectivity index (χ4v) is 5.21. The molecule has 1 amide bonds. The zero-order valence-electron chi connectivity index (χ0n) is 17.5. The highest BCUT2D eigenvalue weighted by molar-refractivity contribution is 5.97. The molecule has 30 heavy (non-hydrogen) atoms. The Morgan fingerprint density at radius 2 is 1.97 bits per heavy atom. The van der Waals surface area contributed by atoms with Crippen molar-refractivity contribution in [2.24, 2.45) is 11.7 Å². The topological polar surface area (TPSA) is 104 Å². The number of primary amides is 1. The first-order valence-corrected chi connectivity index (χ1v) is 10.9. The number of ether oxygens (including phenoxy) is 2. The van der Waals surface area contributed by atoms with Crippen LogP contribution in [0.4, 0.5) is 0 Å². The Morgan fingerprint density at radius 3 is 2.63 bits per heavy atom. The minimum atomic E-state index is -0.906. The highest BCUT2D eigenvalue weighted by Crippen LogP contribution is 2.45. The van der Waals surface area contributed by atoms with Crippen molar-refractivity contribution in [3.8, 4) is 11.5 Å². The summed E-state index contributed by atoms with van der Waals surface area (Å²) in [4.78, 5) is 23.1. The molecule has 1 heterocycles. The largest absolute Gasteiger partial charge is 0.494 e. The lowest BCUT2D eigenvalue weighted by molar-refractivity contribution is -0.137. The Kier molecular flexibility index (Phi) is 5.88. The molecule has 4 rings (SSSR count). The lowest BCUT2D eigenvalue weighted by atomic mass is 9.84. The van der Waals surface area contributed by atoms with E-state index in [2.05, 4.69) is 4.57 Å². The number of aliphatic carboxylic acids is 1. The molecular weight excluding hydrogens is 384 g/mol. The smallest absolute Gasteiger partial charge is 0.306 e. The molecule has 0 saturated heterocycles. The molecule has 2 aromatic rings. The van der Waals surface area contributed by atoms with Crippen molar-refractivity contribution in [1.82, 2.24) is 4.57 Å². The minimum absolute atomic E-state index is 0.0776. The molecule has 162 valence electrons. The molecule has 1 unspecified atom stereocenters. The van der Waals surface area contributed by atoms with E-state index in [1.807, 2.05) is 12.1 Å². The van der Waals surface area contributed by atoms with Gasteiger partial charge in [-0.3, -0.25) is 9.59 Å². The Balaban J connectivity index is 1.85. The SMILES string of the molecule is COc1cc(OCCC(=O)O)cc2c3c(n(CC4CCCC4)c12)CCCC3C(N)=O. The number of carbonyl (C=O) groups excluding carboxylic acids is 1. The van der Waals surface area contributed by atoms with Crippen molar-refractivity contribution in [2.75, 3.05) is 13.7 Å². The molecule has 7 heteroatoms. The predicted molar refractivity (Wildman–Crippen MR) is 113 cm³/mol. The number of nitrogens with zero attached hydrogens (tertiary/aromatic N) is 1. The van der Waals surface area contributed by atoms with Crippen molar-refractivity contribution >= 4 is 22.8 Å². The number of hydrogen-bond acceptors (Lipinski definition) is 4. The van der Waals surface area contributed by atoms with Crippen LogP contribution in [0, 0.1) is 5.92 Å². The Labute approximate surface area is 176 Å². The highest BCUT2D eigenvalue weighted by atomic mass is 16.5. The van der Waals surface area contributed by atoms with Crippen molar-refractivity contribution in [3.63, 3.8) is 0 Å². The summed E-state index contributed by atoms with van der Waals surface area (Å²) in [5, 5.41) is 9.84. The van der Waals surface area contributed by atoms with Crippen LogP contribution in [0.15, 0.2) is 12.1 Å². The summed E-state index contributed by atoms with van der Waals surface area (Å²) in [6, 6.07) is 3.74. The first kappa shape index (κ1) is 20.6. The van der Waals surface area contributed by atoms with E-state index in [9.17, 15) is 9.59 Å². The van der Waals surface area contributed by atoms with Gasteiger partial charge in [-0.2, -0.15) is 0 Å². The van der Waals surface area contributed by atoms with E-state index < -0.39 is 5.97 Å². The van der Waals surface area contributed by atoms with Gasteiger partial charge in [-0.15, -0.1) is 0 Å². The number of fused-ring (bicyclic) bond motifs is 3. The van der Waals surface area contributed by atoms with Gasteiger partial charge >= 0.3 is 5.97 Å². The van der Waals surface area contributed by atoms with Crippen LogP contribution in [-0.2, 0) is 22.6 Å². The summed E-state index contributed by atoms with van der Waals surface area (Å²) in [7, 11) is 1.63. The number of carboxylic acids is 1. The minimum Gasteiger partial charge on any atom is -0.494 e. The van der Waals surface area contributed by atoms with Gasteiger partial charge in [-0.25, -0.2) is 0 Å². The van der Waals surface area contributed by atoms with Gasteiger partial charge in [-0.05, 0) is 49.7 Å². The fourth-order valence-electron chi connectivity index (χ4n) is 5.21. The van der Waals surface area contributed by atoms with E-state index in [-0.39, 0.29) is 24.9 Å². The van der Waals surface area contributed by atoms with Crippen molar-refractivity contribution in [1.29, 1.82) is 0 Å². The first-order valence-electron chi connectivity index (χ1n) is 10.9. The molecule has 0 radical (unpaired) electrons. The lowest BCUT2D eigenvalue weighted by Crippen LogP contribution is -2.25. The van der Waals surface area contributed by atoms with Crippen molar-refractivity contribution in [2.45, 2.75) is 63.8 Å². The predicted octanol–water partition coefficient (Wildman–Crippen LogP) is 3.60. The molecule has 2 aliphatic carbocycles. The van der Waals surface area contributed by atoms with E-state index in [1.165, 1.54) is 31.4 Å². The second kappa shape index (κ2) is 8.58. The van der Waals surface area contributed by atoms with Crippen LogP contribution in [0.2, 0.25) is 0 Å². The van der Waals surface area contributed by atoms with Gasteiger partial charge < -0.3 is 24.9 Å². The number of carbonyl (C=O) groups is 2. The molecule has 1 fully saturated rings. The average molecular weight is 415 g/mol. The maximum absolute atomic E-state index is 12.3. The number of hydrogen-bond donors (Lipinski definition) is 2. The van der Waals surface area contributed by atoms with Crippen molar-refractivity contribution in [3.05, 3.63) is 23.4 Å². The van der Waals surface area contributed by atoms with Gasteiger partial charge in [0.2, 0.25) is 5.91 Å². The van der Waals surface area contributed by atoms with Crippen LogP contribution in [0.3, 0.4) is 0 Å². The third kappa shape index (κ3) is 3.85. The maximum atomic E-state index is 12.3. The second-order valence-electron chi connectivity index (χ2n) is 8.48. The maximum Gasteiger partial charge on any atom is 0.306 e. The number of amides is 1. The highest BCUT2D eigenvalue weighted by Gasteiger charge is 2.33. The molecule has 1 atom stereocenters. The summed E-state index contributed by atoms with van der Waals surface area (Å²) < 4.78 is 13.8. The number of rotatable bonds is 8. The van der Waals surface area contributed by atoms with Crippen molar-refractivity contribution < 1.29 is 24.2 Å². The normalized spacial score (nSPS) is 19.0. The van der Waals surface area contributed by atoms with Crippen LogP contribution < -0.4 is 15.2 Å². The van der Waals surface area contributed by atoms with Crippen LogP contribution in [0.25, 0.3) is 10.9 Å². The zero-order chi connectivity index (χ0) is 21.3. The Bertz CT molecular complexity index is 958. The monoisotopic (exact) mass is 414 g/mol. The quantitative estimate of drug-likeness (QED) is 0.687. The summed E-state index contributed by atoms with van der Waals surface area (Å²) in [5.74, 6) is 0.350. The standard InChI is InChI=1S/C23H30N2O5/c1-29-19-12-15(30-10-9-20(26)27)11-17-21-16(23(24)28)7-4-8-18(21)25(22(17)19)13-14-5-2-3-6-14/h11-12,14,16H,2-10,13H2,1H3,(H2,24,28)(H,26,27). The molecule has 0 spiro atoms. The Morgan fingerprint density at radius 1 is 1.20 bits per heavy atom. The van der Waals surface area contributed by atoms with Crippen LogP contribution in [0.5, 0.6) is 11.5 Å². The molecular formula is C23H30N2O5. The molecule has 1 aromatic heterocycles. The second-order valence-corrected chi connectivity index (χ2v) is 8.48. The van der Waals surface area contributed by atoms with Gasteiger partial charge in [0.25, 0.3) is 0 Å². The van der Waals surface area contributed by atoms with E-state index in [1.54, 1.807) is 7.11 Å². The fraction of sp³-hybridized carbons (Fsp3) is 0.565. The third-order valence-electron chi connectivity index (χ3n) is 6.56. The van der Waals surface area contributed by atoms with E-state index in [0.717, 1.165) is 42.3 Å². The molecule has 1 aromatic carbocycles. The summed E-state index contributed by atoms with van der Waals surface area (Å²) in [6.45, 7) is 1.00. The summed E-state index contributed by atoms with van der Waals surface area (Å²) in [6.07, 6.45) is 7.52. The third-order valence-corrected chi connectivity index (χ3v) is 6.56. The molecule has 3 N–H and O–H groups in total. The molecule has 7 nitrogen and oxygen atoms in total. The van der Waals surface area contributed by atoms with Gasteiger partial charge in [-0.1, -0.05) is 12.8 Å². The summed E-state index contributed by atoms with van der Waals surface area (Å²) in [5.41, 5.74) is 8.98. The first-order chi connectivity index (χ1) is 14.5. The molecule has 2 aliphatic rings. The van der Waals surface area contributed by atoms with Crippen LogP contribution in [-0.4, -0.2) is 35.3 Å². The van der Waals surface area contributed by atoms with Crippen LogP contribution >= 0.6 is 0 Å². The average Bonchev–Trinajstić information content (AvgIpc) is 3.34. The zero-order valence-corrected chi connectivity index (χ0v) is 17.5. The van der Waals surface area contributed by atoms with E-state index in [0.29, 0.717) is 17.4 Å². The molecule has 0 bridgehead atoms. The van der Waals surface area contributed by atoms with Crippen LogP contribution in [0.1, 0.15) is 62.1 Å². The van der Waals surface area contributed by atoms with E-state index >= 15 is 0 Å². The summed E-state index contributed by atoms with van der Waals surface area (Å²) >= 11 is 0. The number of benzene rings is 1. The number of nitrogens with two attached hydrogens (primary N) is 1. The van der Waals surface area contributed by atoms with E-state index in [4.69, 9.17) is 20.3 Å². The number of carboxylic acid groups (broad SMARTS) is 1. The Hall–Kier alpha value is -2.70. The van der Waals surface area contributed by atoms with Gasteiger partial charge in [0.15, 0.2) is 0 Å². The van der Waals surface area contributed by atoms with Gasteiger partial charge in [0, 0.05) is 23.7 Å². The number of aromatic nitrogens is 1. The molecule has 1 saturated carbocycles. The van der Waals surface area contributed by atoms with Gasteiger partial charge in [0.1, 0.15) is 11.5 Å². The lowest BCUT2D eigenvalue weighted by Gasteiger charge is -2.23. The van der Waals surface area contributed by atoms with Gasteiger partial charge in [0.05, 0.1) is 31.6 Å².